The number of methoxy groups -OCH3 is 1. The molecular weight excluding hydrogens is 455 g/mol. The Morgan fingerprint density at radius 1 is 1.00 bits per heavy atom. The highest BCUT2D eigenvalue weighted by molar-refractivity contribution is 7.91. The summed E-state index contributed by atoms with van der Waals surface area (Å²) in [4.78, 5) is 4.17. The third-order valence-electron chi connectivity index (χ3n) is 4.68. The first kappa shape index (κ1) is 21.9. The first-order valence-corrected chi connectivity index (χ1v) is 11.4. The zero-order valence-corrected chi connectivity index (χ0v) is 18.5. The van der Waals surface area contributed by atoms with Crippen molar-refractivity contribution in [2.24, 2.45) is 0 Å². The minimum absolute atomic E-state index is 0.0184. The average Bonchev–Trinajstić information content (AvgIpc) is 3.24. The second-order valence-electron chi connectivity index (χ2n) is 6.82. The van der Waals surface area contributed by atoms with Crippen LogP contribution in [-0.4, -0.2) is 20.5 Å². The van der Waals surface area contributed by atoms with Gasteiger partial charge in [-0.3, -0.25) is 0 Å². The number of hydrogen-bond acceptors (Lipinski definition) is 6. The minimum Gasteiger partial charge on any atom is -0.497 e. The van der Waals surface area contributed by atoms with E-state index in [1.807, 2.05) is 12.1 Å². The maximum atomic E-state index is 13.3. The smallest absolute Gasteiger partial charge is 0.234 e. The molecule has 0 atom stereocenters. The van der Waals surface area contributed by atoms with Gasteiger partial charge >= 0.3 is 0 Å². The first-order chi connectivity index (χ1) is 15.4. The molecule has 164 valence electrons. The number of anilines is 1. The summed E-state index contributed by atoms with van der Waals surface area (Å²) in [6.45, 7) is 0.278. The van der Waals surface area contributed by atoms with Crippen molar-refractivity contribution in [2.75, 3.05) is 12.4 Å². The quantitative estimate of drug-likeness (QED) is 0.353. The van der Waals surface area contributed by atoms with E-state index in [1.54, 1.807) is 43.5 Å². The lowest BCUT2D eigenvalue weighted by Gasteiger charge is -2.06. The predicted octanol–water partition coefficient (Wildman–Crippen LogP) is 5.59. The molecule has 0 aliphatic carbocycles. The molecule has 1 aromatic heterocycles. The van der Waals surface area contributed by atoms with E-state index >= 15 is 0 Å². The van der Waals surface area contributed by atoms with Crippen LogP contribution < -0.4 is 10.1 Å². The largest absolute Gasteiger partial charge is 0.497 e. The summed E-state index contributed by atoms with van der Waals surface area (Å²) in [5.74, 6) is 0.201. The van der Waals surface area contributed by atoms with E-state index in [0.29, 0.717) is 16.3 Å². The van der Waals surface area contributed by atoms with E-state index in [0.717, 1.165) is 17.7 Å². The molecule has 0 amide bonds. The van der Waals surface area contributed by atoms with Crippen LogP contribution in [0.15, 0.2) is 87.1 Å². The van der Waals surface area contributed by atoms with Gasteiger partial charge in [-0.05, 0) is 66.2 Å². The van der Waals surface area contributed by atoms with Gasteiger partial charge in [-0.1, -0.05) is 23.7 Å². The summed E-state index contributed by atoms with van der Waals surface area (Å²) < 4.78 is 50.8. The second-order valence-corrected chi connectivity index (χ2v) is 9.12. The molecule has 0 bridgehead atoms. The fourth-order valence-corrected chi connectivity index (χ4v) is 4.37. The Balaban J connectivity index is 1.74. The Hall–Kier alpha value is -3.36. The molecule has 4 rings (SSSR count). The van der Waals surface area contributed by atoms with Crippen LogP contribution in [0.4, 0.5) is 10.3 Å². The van der Waals surface area contributed by atoms with Crippen molar-refractivity contribution >= 4 is 27.3 Å². The van der Waals surface area contributed by atoms with E-state index < -0.39 is 15.7 Å². The van der Waals surface area contributed by atoms with Crippen LogP contribution in [0.3, 0.4) is 0 Å². The molecule has 6 nitrogen and oxygen atoms in total. The Morgan fingerprint density at radius 3 is 2.28 bits per heavy atom. The van der Waals surface area contributed by atoms with E-state index in [2.05, 4.69) is 10.3 Å². The Kier molecular flexibility index (Phi) is 6.16. The zero-order chi connectivity index (χ0) is 22.7. The number of nitrogens with one attached hydrogen (secondary N) is 1. The van der Waals surface area contributed by atoms with Crippen LogP contribution in [0.1, 0.15) is 5.56 Å². The van der Waals surface area contributed by atoms with Crippen molar-refractivity contribution in [3.63, 3.8) is 0 Å². The summed E-state index contributed by atoms with van der Waals surface area (Å²) in [6, 6.07) is 18.5. The highest BCUT2D eigenvalue weighted by Crippen LogP contribution is 2.33. The molecule has 1 N–H and O–H groups in total. The average molecular weight is 473 g/mol. The van der Waals surface area contributed by atoms with Crippen molar-refractivity contribution in [3.8, 4) is 17.2 Å². The van der Waals surface area contributed by atoms with E-state index in [-0.39, 0.29) is 28.2 Å². The van der Waals surface area contributed by atoms with Crippen molar-refractivity contribution in [1.82, 2.24) is 4.98 Å². The molecule has 0 radical (unpaired) electrons. The highest BCUT2D eigenvalue weighted by Gasteiger charge is 2.28. The van der Waals surface area contributed by atoms with Crippen molar-refractivity contribution < 1.29 is 22.0 Å². The maximum absolute atomic E-state index is 13.3. The molecule has 0 aliphatic heterocycles. The van der Waals surface area contributed by atoms with Gasteiger partial charge in [0.05, 0.1) is 12.0 Å². The molecule has 0 spiro atoms. The standard InChI is InChI=1S/C23H18ClFN2O4S/c1-30-19-10-4-16(5-11-19)21-27-23(32(28,29)20-12-8-18(25)9-13-20)22(31-21)26-14-15-2-6-17(24)7-3-15/h2-13,26H,14H2,1H3. The molecule has 0 aliphatic rings. The maximum Gasteiger partial charge on any atom is 0.234 e. The fourth-order valence-electron chi connectivity index (χ4n) is 2.97. The lowest BCUT2D eigenvalue weighted by Crippen LogP contribution is -2.07. The molecule has 0 saturated heterocycles. The third-order valence-corrected chi connectivity index (χ3v) is 6.61. The molecular formula is C23H18ClFN2O4S. The van der Waals surface area contributed by atoms with Crippen molar-refractivity contribution in [1.29, 1.82) is 0 Å². The molecule has 4 aromatic rings. The van der Waals surface area contributed by atoms with Crippen LogP contribution in [-0.2, 0) is 16.4 Å². The summed E-state index contributed by atoms with van der Waals surface area (Å²) in [5, 5.41) is 3.30. The Morgan fingerprint density at radius 2 is 1.66 bits per heavy atom. The lowest BCUT2D eigenvalue weighted by molar-refractivity contribution is 0.415. The number of ether oxygens (including phenoxy) is 1. The van der Waals surface area contributed by atoms with Crippen LogP contribution in [0.2, 0.25) is 5.02 Å². The highest BCUT2D eigenvalue weighted by atomic mass is 35.5. The Labute approximate surface area is 189 Å². The third kappa shape index (κ3) is 4.61. The minimum atomic E-state index is -4.08. The van der Waals surface area contributed by atoms with Gasteiger partial charge in [0.2, 0.25) is 26.6 Å². The van der Waals surface area contributed by atoms with E-state index in [4.69, 9.17) is 20.8 Å². The molecule has 32 heavy (non-hydrogen) atoms. The van der Waals surface area contributed by atoms with Gasteiger partial charge in [0, 0.05) is 17.1 Å². The van der Waals surface area contributed by atoms with Gasteiger partial charge in [-0.15, -0.1) is 0 Å². The summed E-state index contributed by atoms with van der Waals surface area (Å²) in [6.07, 6.45) is 0. The normalized spacial score (nSPS) is 11.3. The zero-order valence-electron chi connectivity index (χ0n) is 16.9. The molecule has 0 fully saturated rings. The number of aromatic nitrogens is 1. The number of rotatable bonds is 7. The summed E-state index contributed by atoms with van der Waals surface area (Å²) >= 11 is 5.92. The Bertz CT molecular complexity index is 1320. The van der Waals surface area contributed by atoms with Crippen molar-refractivity contribution in [2.45, 2.75) is 16.5 Å². The second kappa shape index (κ2) is 9.02. The lowest BCUT2D eigenvalue weighted by atomic mass is 10.2. The predicted molar refractivity (Wildman–Crippen MR) is 119 cm³/mol. The van der Waals surface area contributed by atoms with E-state index in [9.17, 15) is 12.8 Å². The van der Waals surface area contributed by atoms with Gasteiger partial charge in [-0.2, -0.15) is 4.98 Å². The monoisotopic (exact) mass is 472 g/mol. The van der Waals surface area contributed by atoms with Gasteiger partial charge in [0.25, 0.3) is 0 Å². The van der Waals surface area contributed by atoms with Gasteiger partial charge in [-0.25, -0.2) is 12.8 Å². The van der Waals surface area contributed by atoms with Gasteiger partial charge in [0.1, 0.15) is 11.6 Å². The van der Waals surface area contributed by atoms with Crippen LogP contribution >= 0.6 is 11.6 Å². The SMILES string of the molecule is COc1ccc(-c2nc(S(=O)(=O)c3ccc(F)cc3)c(NCc3ccc(Cl)cc3)o2)cc1. The van der Waals surface area contributed by atoms with Gasteiger partial charge in [0.15, 0.2) is 0 Å². The molecule has 3 aromatic carbocycles. The van der Waals surface area contributed by atoms with Crippen LogP contribution in [0.5, 0.6) is 5.75 Å². The van der Waals surface area contributed by atoms with Crippen LogP contribution in [0.25, 0.3) is 11.5 Å². The first-order valence-electron chi connectivity index (χ1n) is 9.51. The molecule has 9 heteroatoms. The molecule has 0 unspecified atom stereocenters. The summed E-state index contributed by atoms with van der Waals surface area (Å²) in [5.41, 5.74) is 1.43. The number of oxazole rings is 1. The van der Waals surface area contributed by atoms with Gasteiger partial charge < -0.3 is 14.5 Å². The molecule has 1 heterocycles. The number of halogens is 2. The number of benzene rings is 3. The summed E-state index contributed by atoms with van der Waals surface area (Å²) in [7, 11) is -2.53. The topological polar surface area (TPSA) is 81.4 Å². The fraction of sp³-hybridized carbons (Fsp3) is 0.0870. The number of sulfone groups is 1. The number of nitrogens with zero attached hydrogens (tertiary/aromatic N) is 1. The van der Waals surface area contributed by atoms with Crippen LogP contribution in [0, 0.1) is 5.82 Å². The van der Waals surface area contributed by atoms with E-state index in [1.165, 1.54) is 12.1 Å². The number of hydrogen-bond donors (Lipinski definition) is 1. The molecule has 0 saturated carbocycles. The van der Waals surface area contributed by atoms with Crippen molar-refractivity contribution in [3.05, 3.63) is 89.2 Å².